The van der Waals surface area contributed by atoms with Crippen molar-refractivity contribution in [3.8, 4) is 0 Å². The summed E-state index contributed by atoms with van der Waals surface area (Å²) in [6, 6.07) is 10.5. The summed E-state index contributed by atoms with van der Waals surface area (Å²) >= 11 is 0. The highest BCUT2D eigenvalue weighted by molar-refractivity contribution is 5.90. The lowest BCUT2D eigenvalue weighted by atomic mass is 10.2. The molecule has 3 fully saturated rings. The molecule has 0 amide bonds. The summed E-state index contributed by atoms with van der Waals surface area (Å²) in [7, 11) is 0. The van der Waals surface area contributed by atoms with E-state index in [0.29, 0.717) is 37.9 Å². The quantitative estimate of drug-likeness (QED) is 0.642. The monoisotopic (exact) mass is 438 g/mol. The van der Waals surface area contributed by atoms with Crippen LogP contribution in [0.1, 0.15) is 10.4 Å². The van der Waals surface area contributed by atoms with Crippen LogP contribution in [0, 0.1) is 0 Å². The molecule has 170 valence electrons. The van der Waals surface area contributed by atoms with E-state index in [4.69, 9.17) is 19.4 Å². The SMILES string of the molecule is O=Cc1c(N2CCOCC2)nc(N2CCN(c3ccccc3)CC2)nc1N1CCOCC1. The van der Waals surface area contributed by atoms with Crippen LogP contribution in [0.25, 0.3) is 0 Å². The smallest absolute Gasteiger partial charge is 0.229 e. The van der Waals surface area contributed by atoms with Crippen molar-refractivity contribution in [1.82, 2.24) is 9.97 Å². The molecular weight excluding hydrogens is 408 g/mol. The van der Waals surface area contributed by atoms with E-state index in [-0.39, 0.29) is 0 Å². The van der Waals surface area contributed by atoms with E-state index >= 15 is 0 Å². The number of carbonyl (C=O) groups excluding carboxylic acids is 1. The highest BCUT2D eigenvalue weighted by atomic mass is 16.5. The zero-order valence-electron chi connectivity index (χ0n) is 18.4. The van der Waals surface area contributed by atoms with Gasteiger partial charge in [0.25, 0.3) is 0 Å². The van der Waals surface area contributed by atoms with Crippen LogP contribution in [0.2, 0.25) is 0 Å². The largest absolute Gasteiger partial charge is 0.378 e. The fourth-order valence-electron chi connectivity index (χ4n) is 4.52. The van der Waals surface area contributed by atoms with Crippen LogP contribution in [0.3, 0.4) is 0 Å². The Balaban J connectivity index is 1.44. The van der Waals surface area contributed by atoms with Crippen LogP contribution in [0.4, 0.5) is 23.3 Å². The summed E-state index contributed by atoms with van der Waals surface area (Å²) in [4.78, 5) is 31.0. The van der Waals surface area contributed by atoms with Gasteiger partial charge in [0, 0.05) is 58.0 Å². The first-order valence-corrected chi connectivity index (χ1v) is 11.4. The molecule has 0 bridgehead atoms. The van der Waals surface area contributed by atoms with Gasteiger partial charge in [-0.25, -0.2) is 0 Å². The maximum absolute atomic E-state index is 12.2. The second-order valence-corrected chi connectivity index (χ2v) is 8.21. The minimum Gasteiger partial charge on any atom is -0.378 e. The Hall–Kier alpha value is -2.91. The fourth-order valence-corrected chi connectivity index (χ4v) is 4.52. The first-order chi connectivity index (χ1) is 15.8. The molecule has 9 heteroatoms. The van der Waals surface area contributed by atoms with Gasteiger partial charge < -0.3 is 29.1 Å². The van der Waals surface area contributed by atoms with Gasteiger partial charge in [0.1, 0.15) is 11.6 Å². The molecule has 2 aromatic rings. The number of rotatable bonds is 5. The van der Waals surface area contributed by atoms with Crippen LogP contribution >= 0.6 is 0 Å². The second kappa shape index (κ2) is 9.70. The molecule has 0 spiro atoms. The third-order valence-corrected chi connectivity index (χ3v) is 6.32. The van der Waals surface area contributed by atoms with Gasteiger partial charge in [-0.15, -0.1) is 0 Å². The number of ether oxygens (including phenoxy) is 2. The average molecular weight is 439 g/mol. The first kappa shape index (κ1) is 21.0. The first-order valence-electron chi connectivity index (χ1n) is 11.4. The van der Waals surface area contributed by atoms with Gasteiger partial charge in [-0.1, -0.05) is 18.2 Å². The third-order valence-electron chi connectivity index (χ3n) is 6.32. The zero-order chi connectivity index (χ0) is 21.8. The maximum Gasteiger partial charge on any atom is 0.229 e. The van der Waals surface area contributed by atoms with Crippen molar-refractivity contribution < 1.29 is 14.3 Å². The molecule has 0 radical (unpaired) electrons. The fraction of sp³-hybridized carbons (Fsp3) is 0.522. The highest BCUT2D eigenvalue weighted by Gasteiger charge is 2.28. The number of hydrogen-bond acceptors (Lipinski definition) is 9. The summed E-state index contributed by atoms with van der Waals surface area (Å²) in [6.45, 7) is 8.93. The molecule has 3 aliphatic heterocycles. The molecule has 0 unspecified atom stereocenters. The molecule has 0 saturated carbocycles. The lowest BCUT2D eigenvalue weighted by molar-refractivity contribution is 0.111. The molecule has 1 aromatic carbocycles. The molecule has 32 heavy (non-hydrogen) atoms. The van der Waals surface area contributed by atoms with E-state index in [1.807, 2.05) is 6.07 Å². The summed E-state index contributed by atoms with van der Waals surface area (Å²) in [6.07, 6.45) is 0.909. The van der Waals surface area contributed by atoms with Crippen LogP contribution in [0.5, 0.6) is 0 Å². The summed E-state index contributed by atoms with van der Waals surface area (Å²) in [5, 5.41) is 0. The van der Waals surface area contributed by atoms with Crippen molar-refractivity contribution in [2.75, 3.05) is 98.4 Å². The van der Waals surface area contributed by atoms with E-state index in [9.17, 15) is 4.79 Å². The average Bonchev–Trinajstić information content (AvgIpc) is 2.89. The van der Waals surface area contributed by atoms with Crippen LogP contribution in [-0.4, -0.2) is 95.0 Å². The van der Waals surface area contributed by atoms with Crippen LogP contribution in [-0.2, 0) is 9.47 Å². The molecular formula is C23H30N6O3. The Morgan fingerprint density at radius 1 is 0.656 bits per heavy atom. The highest BCUT2D eigenvalue weighted by Crippen LogP contribution is 2.30. The molecule has 5 rings (SSSR count). The molecule has 9 nitrogen and oxygen atoms in total. The number of morpholine rings is 2. The van der Waals surface area contributed by atoms with Crippen LogP contribution in [0.15, 0.2) is 30.3 Å². The van der Waals surface area contributed by atoms with E-state index < -0.39 is 0 Å². The predicted molar refractivity (Wildman–Crippen MR) is 124 cm³/mol. The van der Waals surface area contributed by atoms with Crippen LogP contribution < -0.4 is 19.6 Å². The Labute approximate surface area is 188 Å². The predicted octanol–water partition coefficient (Wildman–Crippen LogP) is 1.29. The van der Waals surface area contributed by atoms with E-state index in [1.165, 1.54) is 5.69 Å². The number of carbonyl (C=O) groups is 1. The van der Waals surface area contributed by atoms with Gasteiger partial charge in [0.05, 0.1) is 32.0 Å². The summed E-state index contributed by atoms with van der Waals surface area (Å²) in [5.74, 6) is 2.15. The van der Waals surface area contributed by atoms with Gasteiger partial charge in [0.2, 0.25) is 5.95 Å². The molecule has 0 aliphatic carbocycles. The van der Waals surface area contributed by atoms with Crippen molar-refractivity contribution in [1.29, 1.82) is 0 Å². The normalized spacial score (nSPS) is 19.9. The molecule has 4 heterocycles. The van der Waals surface area contributed by atoms with Crippen molar-refractivity contribution in [3.63, 3.8) is 0 Å². The molecule has 3 aliphatic rings. The minimum absolute atomic E-state index is 0.570. The number of aromatic nitrogens is 2. The Morgan fingerprint density at radius 3 is 1.66 bits per heavy atom. The van der Waals surface area contributed by atoms with E-state index in [2.05, 4.69) is 43.9 Å². The number of para-hydroxylation sites is 1. The van der Waals surface area contributed by atoms with Gasteiger partial charge in [-0.05, 0) is 12.1 Å². The number of aldehydes is 1. The summed E-state index contributed by atoms with van der Waals surface area (Å²) in [5.41, 5.74) is 1.81. The molecule has 0 N–H and O–H groups in total. The van der Waals surface area contributed by atoms with Gasteiger partial charge in [-0.3, -0.25) is 4.79 Å². The van der Waals surface area contributed by atoms with Gasteiger partial charge in [0.15, 0.2) is 6.29 Å². The third kappa shape index (κ3) is 4.35. The molecule has 1 aromatic heterocycles. The van der Waals surface area contributed by atoms with E-state index in [1.54, 1.807) is 0 Å². The topological polar surface area (TPSA) is 74.3 Å². The van der Waals surface area contributed by atoms with Gasteiger partial charge in [-0.2, -0.15) is 9.97 Å². The second-order valence-electron chi connectivity index (χ2n) is 8.21. The zero-order valence-corrected chi connectivity index (χ0v) is 18.4. The lowest BCUT2D eigenvalue weighted by Gasteiger charge is -2.38. The molecule has 0 atom stereocenters. The molecule has 3 saturated heterocycles. The number of piperazine rings is 1. The standard InChI is InChI=1S/C23H30N6O3/c30-18-20-21(27-10-14-31-15-11-27)24-23(25-22(20)28-12-16-32-17-13-28)29-8-6-26(7-9-29)19-4-2-1-3-5-19/h1-5,18H,6-17H2. The Kier molecular flexibility index (Phi) is 6.36. The summed E-state index contributed by atoms with van der Waals surface area (Å²) < 4.78 is 11.1. The Bertz CT molecular complexity index is 868. The minimum atomic E-state index is 0.570. The Morgan fingerprint density at radius 2 is 1.16 bits per heavy atom. The van der Waals surface area contributed by atoms with Crippen molar-refractivity contribution in [3.05, 3.63) is 35.9 Å². The number of nitrogens with zero attached hydrogens (tertiary/aromatic N) is 6. The number of hydrogen-bond donors (Lipinski definition) is 0. The van der Waals surface area contributed by atoms with Crippen molar-refractivity contribution >= 4 is 29.6 Å². The van der Waals surface area contributed by atoms with Gasteiger partial charge >= 0.3 is 0 Å². The maximum atomic E-state index is 12.2. The van der Waals surface area contributed by atoms with E-state index in [0.717, 1.165) is 70.3 Å². The number of anilines is 4. The van der Waals surface area contributed by atoms with Crippen molar-refractivity contribution in [2.45, 2.75) is 0 Å². The lowest BCUT2D eigenvalue weighted by Crippen LogP contribution is -2.47. The van der Waals surface area contributed by atoms with Crippen molar-refractivity contribution in [2.24, 2.45) is 0 Å². The number of benzene rings is 1.